The number of amides is 2. The maximum absolute atomic E-state index is 12.0. The summed E-state index contributed by atoms with van der Waals surface area (Å²) in [4.78, 5) is 28.5. The van der Waals surface area contributed by atoms with Crippen molar-refractivity contribution in [2.45, 2.75) is 32.1 Å². The second-order valence-electron chi connectivity index (χ2n) is 5.32. The number of aromatic amines is 1. The Morgan fingerprint density at radius 3 is 3.10 bits per heavy atom. The average molecular weight is 295 g/mol. The highest BCUT2D eigenvalue weighted by molar-refractivity contribution is 5.74. The zero-order valence-electron chi connectivity index (χ0n) is 11.9. The molecule has 1 atom stereocenters. The van der Waals surface area contributed by atoms with Gasteiger partial charge < -0.3 is 15.3 Å². The minimum absolute atomic E-state index is 0.0659. The lowest BCUT2D eigenvalue weighted by molar-refractivity contribution is -0.138. The van der Waals surface area contributed by atoms with Gasteiger partial charge >= 0.3 is 12.0 Å². The van der Waals surface area contributed by atoms with Gasteiger partial charge in [0.15, 0.2) is 0 Å². The molecule has 8 nitrogen and oxygen atoms in total. The molecule has 0 radical (unpaired) electrons. The van der Waals surface area contributed by atoms with Gasteiger partial charge in [-0.1, -0.05) is 0 Å². The first-order valence-corrected chi connectivity index (χ1v) is 7.24. The van der Waals surface area contributed by atoms with Gasteiger partial charge in [0.25, 0.3) is 0 Å². The lowest BCUT2D eigenvalue weighted by atomic mass is 9.95. The Kier molecular flexibility index (Phi) is 5.53. The Hall–Kier alpha value is -2.12. The second-order valence-corrected chi connectivity index (χ2v) is 5.32. The summed E-state index contributed by atoms with van der Waals surface area (Å²) >= 11 is 0. The van der Waals surface area contributed by atoms with Crippen LogP contribution >= 0.6 is 0 Å². The largest absolute Gasteiger partial charge is 0.481 e. The van der Waals surface area contributed by atoms with E-state index >= 15 is 0 Å². The predicted molar refractivity (Wildman–Crippen MR) is 74.7 cm³/mol. The molecule has 2 amide bonds. The van der Waals surface area contributed by atoms with E-state index in [-0.39, 0.29) is 18.4 Å². The molecule has 2 rings (SSSR count). The number of piperidine rings is 1. The van der Waals surface area contributed by atoms with Gasteiger partial charge in [-0.3, -0.25) is 9.89 Å². The fourth-order valence-corrected chi connectivity index (χ4v) is 2.58. The number of carbonyl (C=O) groups excluding carboxylic acids is 1. The Bertz CT molecular complexity index is 462. The zero-order valence-corrected chi connectivity index (χ0v) is 11.9. The van der Waals surface area contributed by atoms with Crippen molar-refractivity contribution in [3.8, 4) is 0 Å². The summed E-state index contributed by atoms with van der Waals surface area (Å²) in [7, 11) is 0. The van der Waals surface area contributed by atoms with Crippen LogP contribution in [0.3, 0.4) is 0 Å². The Balaban J connectivity index is 1.66. The number of carbonyl (C=O) groups is 2. The quantitative estimate of drug-likeness (QED) is 0.667. The number of nitrogens with zero attached hydrogens (tertiary/aromatic N) is 3. The summed E-state index contributed by atoms with van der Waals surface area (Å²) in [6.45, 7) is 1.80. The number of aryl methyl sites for hydroxylation is 1. The van der Waals surface area contributed by atoms with E-state index in [4.69, 9.17) is 5.11 Å². The van der Waals surface area contributed by atoms with Gasteiger partial charge in [-0.2, -0.15) is 5.10 Å². The molecule has 21 heavy (non-hydrogen) atoms. The lowest BCUT2D eigenvalue weighted by Crippen LogP contribution is -2.46. The molecule has 1 aliphatic heterocycles. The van der Waals surface area contributed by atoms with Crippen molar-refractivity contribution in [2.24, 2.45) is 5.92 Å². The summed E-state index contributed by atoms with van der Waals surface area (Å²) in [6, 6.07) is -0.109. The van der Waals surface area contributed by atoms with Gasteiger partial charge in [-0.15, -0.1) is 0 Å². The molecule has 0 aliphatic carbocycles. The van der Waals surface area contributed by atoms with Crippen LogP contribution < -0.4 is 5.32 Å². The lowest BCUT2D eigenvalue weighted by Gasteiger charge is -2.32. The van der Waals surface area contributed by atoms with Crippen molar-refractivity contribution in [3.63, 3.8) is 0 Å². The highest BCUT2D eigenvalue weighted by Crippen LogP contribution is 2.19. The number of urea groups is 1. The fourth-order valence-electron chi connectivity index (χ4n) is 2.58. The van der Waals surface area contributed by atoms with Crippen LogP contribution in [0, 0.1) is 5.92 Å². The number of carboxylic acid groups (broad SMARTS) is 1. The highest BCUT2D eigenvalue weighted by Gasteiger charge is 2.24. The molecule has 1 aliphatic rings. The first kappa shape index (κ1) is 15.3. The number of hydrogen-bond donors (Lipinski definition) is 3. The van der Waals surface area contributed by atoms with Crippen LogP contribution in [-0.4, -0.2) is 56.8 Å². The van der Waals surface area contributed by atoms with E-state index in [0.29, 0.717) is 19.6 Å². The Labute approximate surface area is 122 Å². The van der Waals surface area contributed by atoms with Gasteiger partial charge in [0.05, 0.1) is 0 Å². The molecule has 1 fully saturated rings. The molecule has 1 aromatic rings. The van der Waals surface area contributed by atoms with Gasteiger partial charge in [0, 0.05) is 32.5 Å². The highest BCUT2D eigenvalue weighted by atomic mass is 16.4. The van der Waals surface area contributed by atoms with Gasteiger partial charge in [-0.05, 0) is 25.2 Å². The number of likely N-dealkylation sites (tertiary alicyclic amines) is 1. The zero-order chi connectivity index (χ0) is 15.1. The molecule has 2 heterocycles. The molecule has 0 aromatic carbocycles. The van der Waals surface area contributed by atoms with Crippen molar-refractivity contribution >= 4 is 12.0 Å². The van der Waals surface area contributed by atoms with E-state index in [1.165, 1.54) is 6.33 Å². The van der Waals surface area contributed by atoms with Crippen molar-refractivity contribution in [3.05, 3.63) is 12.2 Å². The van der Waals surface area contributed by atoms with Crippen LogP contribution in [0.4, 0.5) is 4.79 Å². The minimum atomic E-state index is -0.797. The van der Waals surface area contributed by atoms with Crippen molar-refractivity contribution in [1.29, 1.82) is 0 Å². The number of aliphatic carboxylic acids is 1. The Morgan fingerprint density at radius 1 is 1.52 bits per heavy atom. The second kappa shape index (κ2) is 7.61. The van der Waals surface area contributed by atoms with E-state index in [1.54, 1.807) is 4.90 Å². The average Bonchev–Trinajstić information content (AvgIpc) is 2.96. The molecule has 0 bridgehead atoms. The molecule has 1 aromatic heterocycles. The predicted octanol–water partition coefficient (Wildman–Crippen LogP) is 0.634. The molecule has 0 saturated carbocycles. The summed E-state index contributed by atoms with van der Waals surface area (Å²) in [5.74, 6) is 0.0780. The van der Waals surface area contributed by atoms with Crippen molar-refractivity contribution < 1.29 is 14.7 Å². The maximum atomic E-state index is 12.0. The van der Waals surface area contributed by atoms with E-state index in [9.17, 15) is 9.59 Å². The third-order valence-electron chi connectivity index (χ3n) is 3.60. The van der Waals surface area contributed by atoms with Crippen LogP contribution in [0.1, 0.15) is 31.5 Å². The van der Waals surface area contributed by atoms with Crippen LogP contribution in [0.5, 0.6) is 0 Å². The Morgan fingerprint density at radius 2 is 2.38 bits per heavy atom. The minimum Gasteiger partial charge on any atom is -0.481 e. The fraction of sp³-hybridized carbons (Fsp3) is 0.692. The monoisotopic (exact) mass is 295 g/mol. The molecule has 8 heteroatoms. The van der Waals surface area contributed by atoms with Crippen LogP contribution in [0.15, 0.2) is 6.33 Å². The standard InChI is InChI=1S/C13H21N5O3/c19-12(20)7-10-3-2-6-18(8-10)13(21)14-5-1-4-11-15-9-16-17-11/h9-10H,1-8H2,(H,14,21)(H,19,20)(H,15,16,17). The van der Waals surface area contributed by atoms with Gasteiger partial charge in [0.2, 0.25) is 0 Å². The summed E-state index contributed by atoms with van der Waals surface area (Å²) < 4.78 is 0. The van der Waals surface area contributed by atoms with Crippen LogP contribution in [-0.2, 0) is 11.2 Å². The SMILES string of the molecule is O=C(O)CC1CCCN(C(=O)NCCCc2ncn[nH]2)C1. The molecule has 116 valence electrons. The normalized spacial score (nSPS) is 18.5. The third-order valence-corrected chi connectivity index (χ3v) is 3.60. The first-order chi connectivity index (χ1) is 10.1. The number of nitrogens with one attached hydrogen (secondary N) is 2. The molecule has 1 unspecified atom stereocenters. The van der Waals surface area contributed by atoms with Gasteiger partial charge in [0.1, 0.15) is 12.2 Å². The molecular weight excluding hydrogens is 274 g/mol. The third kappa shape index (κ3) is 5.05. The van der Waals surface area contributed by atoms with E-state index in [2.05, 4.69) is 20.5 Å². The summed E-state index contributed by atoms with van der Waals surface area (Å²) in [5.41, 5.74) is 0. The van der Waals surface area contributed by atoms with E-state index < -0.39 is 5.97 Å². The topological polar surface area (TPSA) is 111 Å². The summed E-state index contributed by atoms with van der Waals surface area (Å²) in [6.07, 6.45) is 4.86. The molecule has 1 saturated heterocycles. The first-order valence-electron chi connectivity index (χ1n) is 7.24. The van der Waals surface area contributed by atoms with E-state index in [0.717, 1.165) is 31.5 Å². The van der Waals surface area contributed by atoms with E-state index in [1.807, 2.05) is 0 Å². The number of H-pyrrole nitrogens is 1. The number of aromatic nitrogens is 3. The molecule has 3 N–H and O–H groups in total. The maximum Gasteiger partial charge on any atom is 0.317 e. The smallest absolute Gasteiger partial charge is 0.317 e. The molecule has 0 spiro atoms. The molecular formula is C13H21N5O3. The summed E-state index contributed by atoms with van der Waals surface area (Å²) in [5, 5.41) is 18.2. The number of hydrogen-bond acceptors (Lipinski definition) is 4. The van der Waals surface area contributed by atoms with Crippen LogP contribution in [0.2, 0.25) is 0 Å². The number of rotatable bonds is 6. The van der Waals surface area contributed by atoms with Gasteiger partial charge in [-0.25, -0.2) is 9.78 Å². The van der Waals surface area contributed by atoms with Crippen molar-refractivity contribution in [1.82, 2.24) is 25.4 Å². The van der Waals surface area contributed by atoms with Crippen LogP contribution in [0.25, 0.3) is 0 Å². The van der Waals surface area contributed by atoms with Crippen molar-refractivity contribution in [2.75, 3.05) is 19.6 Å². The number of carboxylic acids is 1.